The van der Waals surface area contributed by atoms with E-state index in [1.807, 2.05) is 13.0 Å². The van der Waals surface area contributed by atoms with Gasteiger partial charge in [0.15, 0.2) is 0 Å². The summed E-state index contributed by atoms with van der Waals surface area (Å²) < 4.78 is 0. The molecule has 154 valence electrons. The quantitative estimate of drug-likeness (QED) is 0.654. The highest BCUT2D eigenvalue weighted by Crippen LogP contribution is 2.38. The second kappa shape index (κ2) is 9.20. The predicted molar refractivity (Wildman–Crippen MR) is 120 cm³/mol. The van der Waals surface area contributed by atoms with Crippen molar-refractivity contribution in [2.75, 3.05) is 5.32 Å². The first-order valence-electron chi connectivity index (χ1n) is 10.6. The first kappa shape index (κ1) is 20.9. The number of nitrogens with zero attached hydrogens (tertiary/aromatic N) is 3. The van der Waals surface area contributed by atoms with Crippen molar-refractivity contribution in [3.63, 3.8) is 0 Å². The third-order valence-electron chi connectivity index (χ3n) is 5.82. The van der Waals surface area contributed by atoms with Gasteiger partial charge in [-0.3, -0.25) is 4.79 Å². The lowest BCUT2D eigenvalue weighted by molar-refractivity contribution is -0.115. The zero-order valence-corrected chi connectivity index (χ0v) is 18.7. The summed E-state index contributed by atoms with van der Waals surface area (Å²) in [6, 6.07) is 6.51. The molecule has 7 heteroatoms. The Morgan fingerprint density at radius 3 is 2.73 bits per heavy atom. The van der Waals surface area contributed by atoms with Gasteiger partial charge in [-0.1, -0.05) is 18.7 Å². The minimum absolute atomic E-state index is 0.124. The molecule has 4 rings (SSSR count). The maximum Gasteiger partial charge on any atom is 0.238 e. The van der Waals surface area contributed by atoms with Crippen molar-refractivity contribution in [2.45, 2.75) is 75.0 Å². The molecule has 0 saturated heterocycles. The monoisotopic (exact) mass is 436 g/mol. The lowest BCUT2D eigenvalue weighted by Crippen LogP contribution is -2.25. The Labute approximate surface area is 185 Å². The number of thioether (sulfide) groups is 1. The zero-order valence-electron chi connectivity index (χ0n) is 17.1. The number of nitriles is 2. The van der Waals surface area contributed by atoms with E-state index in [0.29, 0.717) is 27.6 Å². The topological polar surface area (TPSA) is 89.6 Å². The highest BCUT2D eigenvalue weighted by molar-refractivity contribution is 8.00. The van der Waals surface area contributed by atoms with Gasteiger partial charge >= 0.3 is 0 Å². The first-order chi connectivity index (χ1) is 14.6. The second-order valence-electron chi connectivity index (χ2n) is 7.80. The summed E-state index contributed by atoms with van der Waals surface area (Å²) >= 11 is 2.91. The number of carbonyl (C=O) groups is 1. The fourth-order valence-corrected chi connectivity index (χ4v) is 6.45. The van der Waals surface area contributed by atoms with Crippen LogP contribution in [0.2, 0.25) is 0 Å². The lowest BCUT2D eigenvalue weighted by atomic mass is 9.95. The van der Waals surface area contributed by atoms with Gasteiger partial charge in [0.2, 0.25) is 5.91 Å². The van der Waals surface area contributed by atoms with E-state index in [4.69, 9.17) is 4.98 Å². The molecule has 1 amide bonds. The Hall–Kier alpha value is -2.35. The van der Waals surface area contributed by atoms with Crippen molar-refractivity contribution < 1.29 is 4.79 Å². The van der Waals surface area contributed by atoms with Gasteiger partial charge in [0.05, 0.1) is 16.4 Å². The number of aryl methyl sites for hydroxylation is 3. The third kappa shape index (κ3) is 4.10. The average molecular weight is 437 g/mol. The van der Waals surface area contributed by atoms with Gasteiger partial charge in [-0.25, -0.2) is 4.98 Å². The first-order valence-corrected chi connectivity index (χ1v) is 12.3. The second-order valence-corrected chi connectivity index (χ2v) is 10.1. The van der Waals surface area contributed by atoms with Crippen LogP contribution in [0.3, 0.4) is 0 Å². The number of hydrogen-bond donors (Lipinski definition) is 1. The molecular weight excluding hydrogens is 412 g/mol. The highest BCUT2D eigenvalue weighted by Gasteiger charge is 2.26. The minimum atomic E-state index is -0.364. The summed E-state index contributed by atoms with van der Waals surface area (Å²) in [6.07, 6.45) is 8.92. The summed E-state index contributed by atoms with van der Waals surface area (Å²) in [5.41, 5.74) is 4.54. The van der Waals surface area contributed by atoms with Crippen LogP contribution in [0.15, 0.2) is 11.1 Å². The maximum absolute atomic E-state index is 13.1. The standard InChI is InChI=1S/C23H24N4OS2/c1-2-19(29-22-15(12-24)11-14-7-3-5-9-18(14)26-22)21(28)27-23-17(13-25)16-8-4-6-10-20(16)30-23/h11,19H,2-10H2,1H3,(H,27,28). The van der Waals surface area contributed by atoms with Gasteiger partial charge in [-0.15, -0.1) is 11.3 Å². The van der Waals surface area contributed by atoms with Crippen molar-refractivity contribution in [1.82, 2.24) is 4.98 Å². The van der Waals surface area contributed by atoms with Crippen molar-refractivity contribution >= 4 is 34.0 Å². The maximum atomic E-state index is 13.1. The zero-order chi connectivity index (χ0) is 21.1. The van der Waals surface area contributed by atoms with E-state index >= 15 is 0 Å². The van der Waals surface area contributed by atoms with E-state index in [0.717, 1.165) is 62.6 Å². The number of anilines is 1. The molecule has 5 nitrogen and oxygen atoms in total. The van der Waals surface area contributed by atoms with E-state index < -0.39 is 0 Å². The van der Waals surface area contributed by atoms with Crippen LogP contribution in [0.5, 0.6) is 0 Å². The van der Waals surface area contributed by atoms with Crippen LogP contribution in [-0.2, 0) is 30.5 Å². The number of amides is 1. The van der Waals surface area contributed by atoms with Crippen LogP contribution >= 0.6 is 23.1 Å². The van der Waals surface area contributed by atoms with Crippen LogP contribution in [-0.4, -0.2) is 16.1 Å². The molecule has 0 saturated carbocycles. The molecule has 0 bridgehead atoms. The number of hydrogen-bond acceptors (Lipinski definition) is 6. The molecule has 30 heavy (non-hydrogen) atoms. The lowest BCUT2D eigenvalue weighted by Gasteiger charge is -2.19. The Bertz CT molecular complexity index is 1060. The van der Waals surface area contributed by atoms with Gasteiger partial charge in [-0.2, -0.15) is 10.5 Å². The highest BCUT2D eigenvalue weighted by atomic mass is 32.2. The van der Waals surface area contributed by atoms with Crippen molar-refractivity contribution in [3.8, 4) is 12.1 Å². The average Bonchev–Trinajstić information content (AvgIpc) is 3.13. The number of thiophene rings is 1. The number of rotatable bonds is 5. The number of carbonyl (C=O) groups excluding carboxylic acids is 1. The molecule has 0 fully saturated rings. The summed E-state index contributed by atoms with van der Waals surface area (Å²) in [5, 5.41) is 23.2. The molecular formula is C23H24N4OS2. The molecule has 0 aliphatic heterocycles. The number of nitrogens with one attached hydrogen (secondary N) is 1. The Balaban J connectivity index is 1.55. The number of aromatic nitrogens is 1. The van der Waals surface area contributed by atoms with Gasteiger partial charge in [-0.05, 0) is 75.0 Å². The van der Waals surface area contributed by atoms with Gasteiger partial charge in [0.25, 0.3) is 0 Å². The molecule has 2 aromatic heterocycles. The van der Waals surface area contributed by atoms with E-state index in [9.17, 15) is 15.3 Å². The number of fused-ring (bicyclic) bond motifs is 2. The number of pyridine rings is 1. The molecule has 2 aromatic rings. The Morgan fingerprint density at radius 2 is 1.97 bits per heavy atom. The molecule has 0 radical (unpaired) electrons. The van der Waals surface area contributed by atoms with Crippen LogP contribution in [0.25, 0.3) is 0 Å². The van der Waals surface area contributed by atoms with E-state index in [1.165, 1.54) is 22.2 Å². The smallest absolute Gasteiger partial charge is 0.238 e. The van der Waals surface area contributed by atoms with Crippen molar-refractivity contribution in [1.29, 1.82) is 10.5 Å². The van der Waals surface area contributed by atoms with E-state index in [-0.39, 0.29) is 11.2 Å². The van der Waals surface area contributed by atoms with Crippen LogP contribution in [0.4, 0.5) is 5.00 Å². The Kier molecular flexibility index (Phi) is 6.41. The van der Waals surface area contributed by atoms with Crippen molar-refractivity contribution in [2.24, 2.45) is 0 Å². The minimum Gasteiger partial charge on any atom is -0.316 e. The molecule has 0 spiro atoms. The molecule has 0 aromatic carbocycles. The predicted octanol–water partition coefficient (Wildman–Crippen LogP) is 5.15. The summed E-state index contributed by atoms with van der Waals surface area (Å²) in [5.74, 6) is -0.124. The van der Waals surface area contributed by atoms with Gasteiger partial charge in [0.1, 0.15) is 22.2 Å². The SMILES string of the molecule is CCC(Sc1nc2c(cc1C#N)CCCC2)C(=O)Nc1sc2c(c1C#N)CCCC2. The van der Waals surface area contributed by atoms with Crippen LogP contribution in [0.1, 0.15) is 71.9 Å². The fraction of sp³-hybridized carbons (Fsp3) is 0.478. The van der Waals surface area contributed by atoms with Gasteiger partial charge in [0, 0.05) is 10.6 Å². The molecule has 1 N–H and O–H groups in total. The largest absolute Gasteiger partial charge is 0.316 e. The molecule has 2 aliphatic carbocycles. The third-order valence-corrected chi connectivity index (χ3v) is 8.40. The summed E-state index contributed by atoms with van der Waals surface area (Å²) in [7, 11) is 0. The summed E-state index contributed by atoms with van der Waals surface area (Å²) in [4.78, 5) is 19.1. The van der Waals surface area contributed by atoms with Crippen LogP contribution < -0.4 is 5.32 Å². The normalized spacial score (nSPS) is 16.0. The summed E-state index contributed by atoms with van der Waals surface area (Å²) in [6.45, 7) is 1.96. The Morgan fingerprint density at radius 1 is 1.20 bits per heavy atom. The molecule has 2 aliphatic rings. The molecule has 1 atom stereocenters. The van der Waals surface area contributed by atoms with E-state index in [1.54, 1.807) is 11.3 Å². The van der Waals surface area contributed by atoms with Crippen molar-refractivity contribution in [3.05, 3.63) is 38.9 Å². The van der Waals surface area contributed by atoms with Gasteiger partial charge < -0.3 is 5.32 Å². The molecule has 2 heterocycles. The van der Waals surface area contributed by atoms with E-state index in [2.05, 4.69) is 17.5 Å². The molecule has 1 unspecified atom stereocenters. The van der Waals surface area contributed by atoms with Crippen LogP contribution in [0, 0.1) is 22.7 Å². The fourth-order valence-electron chi connectivity index (χ4n) is 4.21.